The highest BCUT2D eigenvalue weighted by atomic mass is 79.9. The smallest absolute Gasteiger partial charge is 0.328 e. The first-order chi connectivity index (χ1) is 6.59. The molecule has 0 unspecified atom stereocenters. The third-order valence-electron chi connectivity index (χ3n) is 1.57. The summed E-state index contributed by atoms with van der Waals surface area (Å²) >= 11 is 4.98. The number of carboxylic acids is 1. The number of nitrogens with zero attached hydrogens (tertiary/aromatic N) is 1. The molecule has 1 aromatic heterocycles. The minimum atomic E-state index is -0.911. The molecule has 1 aromatic rings. The summed E-state index contributed by atoms with van der Waals surface area (Å²) in [4.78, 5) is 12.2. The highest BCUT2D eigenvalue weighted by molar-refractivity contribution is 9.10. The third-order valence-corrected chi connectivity index (χ3v) is 3.37. The number of aliphatic carboxylic acids is 1. The Labute approximate surface area is 94.8 Å². The van der Waals surface area contributed by atoms with E-state index in [1.807, 2.05) is 23.4 Å². The van der Waals surface area contributed by atoms with Crippen LogP contribution in [0.25, 0.3) is 0 Å². The standard InChI is InChI=1S/C9H10BrNO2S/c1-11(4-2-3-9(12)13)8-5-7(10)6-14-8/h2-3,5-6H,4H2,1H3,(H,12,13)/b3-2+. The zero-order chi connectivity index (χ0) is 10.6. The van der Waals surface area contributed by atoms with Crippen molar-refractivity contribution in [2.45, 2.75) is 0 Å². The number of thiophene rings is 1. The predicted molar refractivity (Wildman–Crippen MR) is 62.1 cm³/mol. The molecule has 0 spiro atoms. The van der Waals surface area contributed by atoms with E-state index in [1.54, 1.807) is 17.4 Å². The predicted octanol–water partition coefficient (Wildman–Crippen LogP) is 2.59. The second-order valence-electron chi connectivity index (χ2n) is 2.72. The van der Waals surface area contributed by atoms with Gasteiger partial charge in [-0.3, -0.25) is 0 Å². The summed E-state index contributed by atoms with van der Waals surface area (Å²) in [7, 11) is 1.92. The Hall–Kier alpha value is -0.810. The first kappa shape index (κ1) is 11.3. The third kappa shape index (κ3) is 3.51. The van der Waals surface area contributed by atoms with Crippen molar-refractivity contribution >= 4 is 38.2 Å². The van der Waals surface area contributed by atoms with Crippen molar-refractivity contribution in [2.24, 2.45) is 0 Å². The fourth-order valence-corrected chi connectivity index (χ4v) is 2.30. The van der Waals surface area contributed by atoms with E-state index in [9.17, 15) is 4.79 Å². The summed E-state index contributed by atoms with van der Waals surface area (Å²) in [6.45, 7) is 0.596. The van der Waals surface area contributed by atoms with Gasteiger partial charge in [0.25, 0.3) is 0 Å². The van der Waals surface area contributed by atoms with Gasteiger partial charge in [-0.15, -0.1) is 11.3 Å². The van der Waals surface area contributed by atoms with E-state index in [0.29, 0.717) is 6.54 Å². The molecule has 1 N–H and O–H groups in total. The topological polar surface area (TPSA) is 40.5 Å². The molecule has 0 saturated carbocycles. The van der Waals surface area contributed by atoms with E-state index in [4.69, 9.17) is 5.11 Å². The maximum Gasteiger partial charge on any atom is 0.328 e. The van der Waals surface area contributed by atoms with Crippen LogP contribution in [-0.2, 0) is 4.79 Å². The van der Waals surface area contributed by atoms with Crippen molar-refractivity contribution in [2.75, 3.05) is 18.5 Å². The van der Waals surface area contributed by atoms with E-state index in [-0.39, 0.29) is 0 Å². The average Bonchev–Trinajstić information content (AvgIpc) is 2.51. The maximum absolute atomic E-state index is 10.2. The van der Waals surface area contributed by atoms with E-state index >= 15 is 0 Å². The Kier molecular flexibility index (Phi) is 4.16. The molecule has 5 heteroatoms. The first-order valence-electron chi connectivity index (χ1n) is 3.94. The number of hydrogen-bond acceptors (Lipinski definition) is 3. The fourth-order valence-electron chi connectivity index (χ4n) is 0.904. The molecule has 14 heavy (non-hydrogen) atoms. The zero-order valence-corrected chi connectivity index (χ0v) is 10.0. The normalized spacial score (nSPS) is 10.7. The van der Waals surface area contributed by atoms with Crippen LogP contribution in [0.4, 0.5) is 5.00 Å². The Morgan fingerprint density at radius 2 is 2.50 bits per heavy atom. The van der Waals surface area contributed by atoms with Crippen LogP contribution < -0.4 is 4.90 Å². The molecule has 1 rings (SSSR count). The molecule has 0 fully saturated rings. The van der Waals surface area contributed by atoms with E-state index in [2.05, 4.69) is 15.9 Å². The lowest BCUT2D eigenvalue weighted by atomic mass is 10.4. The average molecular weight is 276 g/mol. The van der Waals surface area contributed by atoms with Gasteiger partial charge in [0.05, 0.1) is 5.00 Å². The molecule has 0 aromatic carbocycles. The molecule has 0 aliphatic rings. The first-order valence-corrected chi connectivity index (χ1v) is 5.61. The van der Waals surface area contributed by atoms with Gasteiger partial charge in [-0.2, -0.15) is 0 Å². The van der Waals surface area contributed by atoms with Gasteiger partial charge in [-0.05, 0) is 22.0 Å². The molecule has 0 amide bonds. The van der Waals surface area contributed by atoms with E-state index < -0.39 is 5.97 Å². The van der Waals surface area contributed by atoms with Gasteiger partial charge in [0, 0.05) is 29.5 Å². The highest BCUT2D eigenvalue weighted by Gasteiger charge is 2.01. The number of anilines is 1. The number of likely N-dealkylation sites (N-methyl/N-ethyl adjacent to an activating group) is 1. The molecular weight excluding hydrogens is 266 g/mol. The van der Waals surface area contributed by atoms with E-state index in [1.165, 1.54) is 0 Å². The summed E-state index contributed by atoms with van der Waals surface area (Å²) in [5.41, 5.74) is 0. The molecule has 1 heterocycles. The molecule has 0 bridgehead atoms. The van der Waals surface area contributed by atoms with Crippen LogP contribution in [0.15, 0.2) is 28.1 Å². The quantitative estimate of drug-likeness (QED) is 0.859. The lowest BCUT2D eigenvalue weighted by molar-refractivity contribution is -0.131. The Morgan fingerprint density at radius 1 is 1.79 bits per heavy atom. The zero-order valence-electron chi connectivity index (χ0n) is 7.61. The van der Waals surface area contributed by atoms with Gasteiger partial charge < -0.3 is 10.0 Å². The maximum atomic E-state index is 10.2. The van der Waals surface area contributed by atoms with Crippen molar-refractivity contribution in [1.82, 2.24) is 0 Å². The van der Waals surface area contributed by atoms with Crippen LogP contribution >= 0.6 is 27.3 Å². The Balaban J connectivity index is 2.50. The van der Waals surface area contributed by atoms with Crippen molar-refractivity contribution < 1.29 is 9.90 Å². The van der Waals surface area contributed by atoms with Gasteiger partial charge in [0.2, 0.25) is 0 Å². The van der Waals surface area contributed by atoms with Gasteiger partial charge >= 0.3 is 5.97 Å². The SMILES string of the molecule is CN(C/C=C/C(=O)O)c1cc(Br)cs1. The van der Waals surface area contributed by atoms with Crippen LogP contribution in [0.1, 0.15) is 0 Å². The van der Waals surface area contributed by atoms with Crippen LogP contribution in [0.5, 0.6) is 0 Å². The summed E-state index contributed by atoms with van der Waals surface area (Å²) < 4.78 is 1.05. The second-order valence-corrected chi connectivity index (χ2v) is 4.53. The monoisotopic (exact) mass is 275 g/mol. The molecular formula is C9H10BrNO2S. The van der Waals surface area contributed by atoms with Crippen molar-refractivity contribution in [3.8, 4) is 0 Å². The van der Waals surface area contributed by atoms with Crippen LogP contribution in [0.3, 0.4) is 0 Å². The van der Waals surface area contributed by atoms with Gasteiger partial charge in [-0.25, -0.2) is 4.79 Å². The van der Waals surface area contributed by atoms with Crippen LogP contribution in [0.2, 0.25) is 0 Å². The molecule has 0 radical (unpaired) electrons. The number of halogens is 1. The lowest BCUT2D eigenvalue weighted by Gasteiger charge is -2.13. The largest absolute Gasteiger partial charge is 0.478 e. The van der Waals surface area contributed by atoms with Crippen molar-refractivity contribution in [1.29, 1.82) is 0 Å². The van der Waals surface area contributed by atoms with Crippen molar-refractivity contribution in [3.05, 3.63) is 28.1 Å². The molecule has 3 nitrogen and oxygen atoms in total. The van der Waals surface area contributed by atoms with Crippen LogP contribution in [0, 0.1) is 0 Å². The van der Waals surface area contributed by atoms with Crippen LogP contribution in [-0.4, -0.2) is 24.7 Å². The Bertz CT molecular complexity index is 348. The number of rotatable bonds is 4. The molecule has 0 atom stereocenters. The molecule has 0 aliphatic carbocycles. The number of carbonyl (C=O) groups is 1. The Morgan fingerprint density at radius 3 is 3.00 bits per heavy atom. The minimum absolute atomic E-state index is 0.596. The summed E-state index contributed by atoms with van der Waals surface area (Å²) in [6, 6.07) is 2.00. The molecule has 0 saturated heterocycles. The molecule has 0 aliphatic heterocycles. The van der Waals surface area contributed by atoms with Crippen molar-refractivity contribution in [3.63, 3.8) is 0 Å². The highest BCUT2D eigenvalue weighted by Crippen LogP contribution is 2.26. The minimum Gasteiger partial charge on any atom is -0.478 e. The van der Waals surface area contributed by atoms with Gasteiger partial charge in [0.15, 0.2) is 0 Å². The van der Waals surface area contributed by atoms with Gasteiger partial charge in [0.1, 0.15) is 0 Å². The lowest BCUT2D eigenvalue weighted by Crippen LogP contribution is -2.15. The second kappa shape index (κ2) is 5.17. The molecule has 76 valence electrons. The summed E-state index contributed by atoms with van der Waals surface area (Å²) in [5, 5.41) is 11.5. The summed E-state index contributed by atoms with van der Waals surface area (Å²) in [5.74, 6) is -0.911. The number of carboxylic acid groups (broad SMARTS) is 1. The number of hydrogen-bond donors (Lipinski definition) is 1. The van der Waals surface area contributed by atoms with E-state index in [0.717, 1.165) is 15.5 Å². The summed E-state index contributed by atoms with van der Waals surface area (Å²) in [6.07, 6.45) is 2.77. The fraction of sp³-hybridized carbons (Fsp3) is 0.222. The van der Waals surface area contributed by atoms with Gasteiger partial charge in [-0.1, -0.05) is 6.08 Å².